The highest BCUT2D eigenvalue weighted by Crippen LogP contribution is 2.36. The number of pyridine rings is 1. The summed E-state index contributed by atoms with van der Waals surface area (Å²) in [5.74, 6) is -0.596. The van der Waals surface area contributed by atoms with Crippen molar-refractivity contribution in [3.05, 3.63) is 89.1 Å². The molecule has 242 valence electrons. The first-order valence-corrected chi connectivity index (χ1v) is 15.2. The lowest BCUT2D eigenvalue weighted by Crippen LogP contribution is -2.55. The number of rotatable bonds is 10. The highest BCUT2D eigenvalue weighted by atomic mass is 35.5. The normalized spacial score (nSPS) is 15.1. The SMILES string of the molecule is CCOc1ncccc1-c1ccc(N2CCN(C(=O)c3ccc(Cl)cc3C(F)(F)F)C[C@H]2CC)c(C(=O)NCCn2cncn2)c1. The minimum Gasteiger partial charge on any atom is -0.478 e. The minimum absolute atomic E-state index is 0.102. The Labute approximate surface area is 269 Å². The van der Waals surface area contributed by atoms with Crippen LogP contribution in [0.3, 0.4) is 0 Å². The number of anilines is 1. The molecule has 3 heterocycles. The molecule has 1 atom stereocenters. The lowest BCUT2D eigenvalue weighted by atomic mass is 9.98. The second kappa shape index (κ2) is 14.2. The van der Waals surface area contributed by atoms with Gasteiger partial charge in [0.1, 0.15) is 12.7 Å². The van der Waals surface area contributed by atoms with Gasteiger partial charge < -0.3 is 19.9 Å². The van der Waals surface area contributed by atoms with Crippen LogP contribution in [0.15, 0.2) is 67.4 Å². The van der Waals surface area contributed by atoms with E-state index in [4.69, 9.17) is 16.3 Å². The van der Waals surface area contributed by atoms with Crippen LogP contribution in [0.2, 0.25) is 5.02 Å². The van der Waals surface area contributed by atoms with Crippen LogP contribution in [0.25, 0.3) is 11.1 Å². The predicted molar refractivity (Wildman–Crippen MR) is 167 cm³/mol. The van der Waals surface area contributed by atoms with Crippen LogP contribution >= 0.6 is 11.6 Å². The van der Waals surface area contributed by atoms with Gasteiger partial charge in [-0.3, -0.25) is 14.3 Å². The fourth-order valence-corrected chi connectivity index (χ4v) is 5.71. The van der Waals surface area contributed by atoms with Crippen LogP contribution < -0.4 is 15.0 Å². The number of hydrogen-bond donors (Lipinski definition) is 1. The molecule has 0 aliphatic carbocycles. The third-order valence-corrected chi connectivity index (χ3v) is 8.00. The van der Waals surface area contributed by atoms with Gasteiger partial charge in [0, 0.05) is 54.7 Å². The van der Waals surface area contributed by atoms with Gasteiger partial charge in [0.2, 0.25) is 5.88 Å². The van der Waals surface area contributed by atoms with Crippen LogP contribution in [0.5, 0.6) is 5.88 Å². The highest BCUT2D eigenvalue weighted by Gasteiger charge is 2.38. The number of carbonyl (C=O) groups excluding carboxylic acids is 2. The third kappa shape index (κ3) is 7.25. The molecular weight excluding hydrogens is 623 g/mol. The van der Waals surface area contributed by atoms with Crippen molar-refractivity contribution in [2.45, 2.75) is 39.0 Å². The van der Waals surface area contributed by atoms with Crippen molar-refractivity contribution in [2.24, 2.45) is 0 Å². The third-order valence-electron chi connectivity index (χ3n) is 7.77. The molecule has 14 heteroatoms. The number of nitrogens with one attached hydrogen (secondary N) is 1. The molecular formula is C32H33ClF3N7O3. The van der Waals surface area contributed by atoms with E-state index in [9.17, 15) is 22.8 Å². The van der Waals surface area contributed by atoms with Crippen molar-refractivity contribution in [1.82, 2.24) is 30.0 Å². The minimum atomic E-state index is -4.74. The van der Waals surface area contributed by atoms with Gasteiger partial charge in [0.05, 0.1) is 29.8 Å². The van der Waals surface area contributed by atoms with Crippen molar-refractivity contribution in [1.29, 1.82) is 0 Å². The molecule has 46 heavy (non-hydrogen) atoms. The molecule has 2 amide bonds. The summed E-state index contributed by atoms with van der Waals surface area (Å²) < 4.78 is 48.7. The van der Waals surface area contributed by atoms with Gasteiger partial charge in [-0.05, 0) is 61.4 Å². The fraction of sp³-hybridized carbons (Fsp3) is 0.344. The topological polar surface area (TPSA) is 105 Å². The molecule has 1 aliphatic heterocycles. The maximum atomic E-state index is 13.8. The van der Waals surface area contributed by atoms with E-state index in [1.54, 1.807) is 29.3 Å². The first kappa shape index (κ1) is 32.7. The Hall–Kier alpha value is -4.65. The standard InChI is InChI=1S/C32H33ClF3N7O3/c1-3-23-18-41(31(45)25-9-8-22(33)17-27(25)32(34,35)36)14-15-43(23)28-10-7-21(24-6-5-11-39-30(24)46-4-2)16-26(28)29(44)38-12-13-42-20-37-19-40-42/h5-11,16-17,19-20,23H,3-4,12-15,18H2,1-2H3,(H,38,44)/t23-/m1/s1. The molecule has 1 fully saturated rings. The van der Waals surface area contributed by atoms with Crippen LogP contribution in [0.1, 0.15) is 46.5 Å². The Morgan fingerprint density at radius 2 is 1.91 bits per heavy atom. The molecule has 4 aromatic rings. The summed E-state index contributed by atoms with van der Waals surface area (Å²) in [5, 5.41) is 6.93. The van der Waals surface area contributed by atoms with Crippen LogP contribution in [-0.4, -0.2) is 75.3 Å². The van der Waals surface area contributed by atoms with E-state index in [-0.39, 0.29) is 30.1 Å². The van der Waals surface area contributed by atoms with E-state index in [0.717, 1.165) is 23.3 Å². The van der Waals surface area contributed by atoms with Crippen LogP contribution in [0.4, 0.5) is 18.9 Å². The molecule has 1 N–H and O–H groups in total. The Kier molecular flexibility index (Phi) is 10.1. The van der Waals surface area contributed by atoms with Crippen molar-refractivity contribution >= 4 is 29.1 Å². The number of amides is 2. The summed E-state index contributed by atoms with van der Waals surface area (Å²) in [5.41, 5.74) is 0.980. The van der Waals surface area contributed by atoms with E-state index >= 15 is 0 Å². The van der Waals surface area contributed by atoms with Crippen molar-refractivity contribution in [3.8, 4) is 17.0 Å². The van der Waals surface area contributed by atoms with Gasteiger partial charge in [-0.1, -0.05) is 24.6 Å². The molecule has 2 aromatic carbocycles. The maximum Gasteiger partial charge on any atom is 0.417 e. The summed E-state index contributed by atoms with van der Waals surface area (Å²) >= 11 is 5.84. The zero-order chi connectivity index (χ0) is 32.8. The van der Waals surface area contributed by atoms with E-state index in [2.05, 4.69) is 20.4 Å². The molecule has 5 rings (SSSR count). The quantitative estimate of drug-likeness (QED) is 0.238. The first-order valence-electron chi connectivity index (χ1n) is 14.9. The van der Waals surface area contributed by atoms with Gasteiger partial charge in [-0.2, -0.15) is 18.3 Å². The lowest BCUT2D eigenvalue weighted by Gasteiger charge is -2.43. The summed E-state index contributed by atoms with van der Waals surface area (Å²) in [6, 6.07) is 12.1. The smallest absolute Gasteiger partial charge is 0.417 e. The molecule has 2 aromatic heterocycles. The van der Waals surface area contributed by atoms with E-state index < -0.39 is 23.2 Å². The molecule has 0 bridgehead atoms. The number of alkyl halides is 3. The van der Waals surface area contributed by atoms with Gasteiger partial charge in [0.25, 0.3) is 11.8 Å². The molecule has 0 saturated carbocycles. The molecule has 0 spiro atoms. The largest absolute Gasteiger partial charge is 0.478 e. The molecule has 10 nitrogen and oxygen atoms in total. The average molecular weight is 656 g/mol. The highest BCUT2D eigenvalue weighted by molar-refractivity contribution is 6.30. The van der Waals surface area contributed by atoms with Gasteiger partial charge in [-0.15, -0.1) is 0 Å². The molecule has 1 saturated heterocycles. The number of piperazine rings is 1. The average Bonchev–Trinajstić information content (AvgIpc) is 3.57. The lowest BCUT2D eigenvalue weighted by molar-refractivity contribution is -0.138. The van der Waals surface area contributed by atoms with E-state index in [1.165, 1.54) is 17.3 Å². The molecule has 1 aliphatic rings. The van der Waals surface area contributed by atoms with Gasteiger partial charge in [-0.25, -0.2) is 9.97 Å². The number of benzene rings is 2. The summed E-state index contributed by atoms with van der Waals surface area (Å²) in [4.78, 5) is 38.9. The Morgan fingerprint density at radius 1 is 1.09 bits per heavy atom. The zero-order valence-electron chi connectivity index (χ0n) is 25.3. The molecule has 0 radical (unpaired) electrons. The van der Waals surface area contributed by atoms with Crippen LogP contribution in [0, 0.1) is 0 Å². The number of ether oxygens (including phenoxy) is 1. The summed E-state index contributed by atoms with van der Waals surface area (Å²) in [7, 11) is 0. The zero-order valence-corrected chi connectivity index (χ0v) is 26.1. The maximum absolute atomic E-state index is 13.8. The Bertz CT molecular complexity index is 1680. The number of hydrogen-bond acceptors (Lipinski definition) is 7. The predicted octanol–water partition coefficient (Wildman–Crippen LogP) is 5.58. The molecule has 0 unspecified atom stereocenters. The van der Waals surface area contributed by atoms with E-state index in [0.29, 0.717) is 49.8 Å². The van der Waals surface area contributed by atoms with Crippen molar-refractivity contribution < 1.29 is 27.5 Å². The second-order valence-electron chi connectivity index (χ2n) is 10.6. The fourth-order valence-electron chi connectivity index (χ4n) is 5.54. The van der Waals surface area contributed by atoms with Gasteiger partial charge in [0.15, 0.2) is 0 Å². The Morgan fingerprint density at radius 3 is 2.63 bits per heavy atom. The monoisotopic (exact) mass is 655 g/mol. The Balaban J connectivity index is 1.44. The van der Waals surface area contributed by atoms with Crippen molar-refractivity contribution in [3.63, 3.8) is 0 Å². The summed E-state index contributed by atoms with van der Waals surface area (Å²) in [6.45, 7) is 5.55. The first-order chi connectivity index (χ1) is 22.1. The van der Waals surface area contributed by atoms with Gasteiger partial charge >= 0.3 is 6.18 Å². The van der Waals surface area contributed by atoms with E-state index in [1.807, 2.05) is 36.9 Å². The number of carbonyl (C=O) groups is 2. The summed E-state index contributed by atoms with van der Waals surface area (Å²) in [6.07, 6.45) is 0.442. The number of halogens is 4. The van der Waals surface area contributed by atoms with Crippen LogP contribution in [-0.2, 0) is 12.7 Å². The number of aromatic nitrogens is 4. The van der Waals surface area contributed by atoms with Crippen molar-refractivity contribution in [2.75, 3.05) is 37.7 Å². The number of nitrogens with zero attached hydrogens (tertiary/aromatic N) is 6. The second-order valence-corrected chi connectivity index (χ2v) is 11.1.